The van der Waals surface area contributed by atoms with Gasteiger partial charge in [0.25, 0.3) is 0 Å². The van der Waals surface area contributed by atoms with Crippen molar-refractivity contribution in [3.8, 4) is 5.82 Å². The topological polar surface area (TPSA) is 67.9 Å². The first kappa shape index (κ1) is 19.2. The van der Waals surface area contributed by atoms with Gasteiger partial charge in [-0.3, -0.25) is 9.58 Å². The molecular weight excluding hydrogens is 376 g/mol. The van der Waals surface area contributed by atoms with Gasteiger partial charge >= 0.3 is 0 Å². The summed E-state index contributed by atoms with van der Waals surface area (Å²) in [7, 11) is 2.10. The van der Waals surface area contributed by atoms with E-state index < -0.39 is 0 Å². The molecule has 3 aromatic heterocycles. The van der Waals surface area contributed by atoms with Crippen LogP contribution in [-0.2, 0) is 26.4 Å². The smallest absolute Gasteiger partial charge is 0.159 e. The minimum atomic E-state index is 0.828. The molecule has 0 N–H and O–H groups in total. The molecule has 0 unspecified atom stereocenters. The van der Waals surface area contributed by atoms with Gasteiger partial charge in [-0.1, -0.05) is 0 Å². The molecule has 5 rings (SSSR count). The van der Waals surface area contributed by atoms with Gasteiger partial charge in [-0.2, -0.15) is 10.2 Å². The van der Waals surface area contributed by atoms with Crippen LogP contribution in [-0.4, -0.2) is 60.6 Å². The monoisotopic (exact) mass is 406 g/mol. The van der Waals surface area contributed by atoms with Crippen molar-refractivity contribution in [3.05, 3.63) is 46.8 Å². The maximum atomic E-state index is 4.78. The average molecular weight is 407 g/mol. The molecule has 0 bridgehead atoms. The van der Waals surface area contributed by atoms with Crippen LogP contribution in [0.2, 0.25) is 0 Å². The van der Waals surface area contributed by atoms with Crippen molar-refractivity contribution < 1.29 is 0 Å². The molecular formula is C22H30N8. The highest BCUT2D eigenvalue weighted by molar-refractivity contribution is 5.44. The van der Waals surface area contributed by atoms with E-state index in [2.05, 4.69) is 49.6 Å². The van der Waals surface area contributed by atoms with E-state index >= 15 is 0 Å². The normalized spacial score (nSPS) is 17.4. The Hall–Kier alpha value is -2.74. The summed E-state index contributed by atoms with van der Waals surface area (Å²) in [6.45, 7) is 9.04. The predicted octanol–water partition coefficient (Wildman–Crippen LogP) is 2.21. The first-order chi connectivity index (χ1) is 14.6. The van der Waals surface area contributed by atoms with Gasteiger partial charge in [-0.15, -0.1) is 0 Å². The van der Waals surface area contributed by atoms with Crippen molar-refractivity contribution in [1.82, 2.24) is 34.4 Å². The molecule has 0 spiro atoms. The molecule has 1 saturated heterocycles. The number of aromatic nitrogens is 6. The van der Waals surface area contributed by atoms with Crippen molar-refractivity contribution in [2.75, 3.05) is 31.1 Å². The summed E-state index contributed by atoms with van der Waals surface area (Å²) in [4.78, 5) is 13.9. The van der Waals surface area contributed by atoms with Crippen molar-refractivity contribution in [2.24, 2.45) is 7.05 Å². The fourth-order valence-corrected chi connectivity index (χ4v) is 4.78. The van der Waals surface area contributed by atoms with E-state index in [4.69, 9.17) is 5.10 Å². The van der Waals surface area contributed by atoms with Gasteiger partial charge in [-0.25, -0.2) is 14.6 Å². The molecule has 0 aromatic carbocycles. The van der Waals surface area contributed by atoms with Crippen LogP contribution in [0, 0.1) is 13.8 Å². The van der Waals surface area contributed by atoms with E-state index in [1.54, 1.807) is 6.33 Å². The maximum absolute atomic E-state index is 4.78. The van der Waals surface area contributed by atoms with Crippen LogP contribution in [0.1, 0.15) is 41.2 Å². The second kappa shape index (κ2) is 7.83. The van der Waals surface area contributed by atoms with Crippen LogP contribution in [0.5, 0.6) is 0 Å². The van der Waals surface area contributed by atoms with Crippen molar-refractivity contribution >= 4 is 5.82 Å². The van der Waals surface area contributed by atoms with Gasteiger partial charge < -0.3 is 4.90 Å². The number of rotatable bonds is 4. The van der Waals surface area contributed by atoms with E-state index in [1.807, 2.05) is 17.7 Å². The second-order valence-electron chi connectivity index (χ2n) is 8.54. The SMILES string of the molecule is Cc1cc(C)n(-c2cc(N3CCN(Cc4c5c(nn4C)CCCC5)CC3)ncn2)n1. The highest BCUT2D eigenvalue weighted by atomic mass is 15.3. The first-order valence-corrected chi connectivity index (χ1v) is 10.9. The lowest BCUT2D eigenvalue weighted by Crippen LogP contribution is -2.46. The van der Waals surface area contributed by atoms with Crippen LogP contribution in [0.25, 0.3) is 5.82 Å². The molecule has 30 heavy (non-hydrogen) atoms. The third-order valence-corrected chi connectivity index (χ3v) is 6.38. The highest BCUT2D eigenvalue weighted by Gasteiger charge is 2.24. The van der Waals surface area contributed by atoms with Gasteiger partial charge in [-0.05, 0) is 51.2 Å². The molecule has 158 valence electrons. The van der Waals surface area contributed by atoms with E-state index in [0.29, 0.717) is 0 Å². The first-order valence-electron chi connectivity index (χ1n) is 10.9. The summed E-state index contributed by atoms with van der Waals surface area (Å²) < 4.78 is 4.01. The fraction of sp³-hybridized carbons (Fsp3) is 0.545. The molecule has 4 heterocycles. The van der Waals surface area contributed by atoms with Crippen molar-refractivity contribution in [1.29, 1.82) is 0 Å². The molecule has 1 fully saturated rings. The number of nitrogens with zero attached hydrogens (tertiary/aromatic N) is 8. The number of piperazine rings is 1. The molecule has 1 aliphatic heterocycles. The predicted molar refractivity (Wildman–Crippen MR) is 116 cm³/mol. The van der Waals surface area contributed by atoms with E-state index in [9.17, 15) is 0 Å². The van der Waals surface area contributed by atoms with Crippen LogP contribution < -0.4 is 4.90 Å². The van der Waals surface area contributed by atoms with E-state index in [-0.39, 0.29) is 0 Å². The maximum Gasteiger partial charge on any atom is 0.159 e. The van der Waals surface area contributed by atoms with Gasteiger partial charge in [0.1, 0.15) is 12.1 Å². The van der Waals surface area contributed by atoms with Crippen LogP contribution >= 0.6 is 0 Å². The Balaban J connectivity index is 1.26. The molecule has 0 radical (unpaired) electrons. The van der Waals surface area contributed by atoms with E-state index in [1.165, 1.54) is 36.2 Å². The highest BCUT2D eigenvalue weighted by Crippen LogP contribution is 2.25. The fourth-order valence-electron chi connectivity index (χ4n) is 4.78. The van der Waals surface area contributed by atoms with Crippen molar-refractivity contribution in [2.45, 2.75) is 46.1 Å². The summed E-state index contributed by atoms with van der Waals surface area (Å²) >= 11 is 0. The van der Waals surface area contributed by atoms with Gasteiger partial charge in [0, 0.05) is 51.5 Å². The second-order valence-corrected chi connectivity index (χ2v) is 8.54. The number of anilines is 1. The number of aryl methyl sites for hydroxylation is 4. The Bertz CT molecular complexity index is 1040. The third kappa shape index (κ3) is 3.60. The largest absolute Gasteiger partial charge is 0.354 e. The Labute approximate surface area is 177 Å². The third-order valence-electron chi connectivity index (χ3n) is 6.38. The molecule has 0 saturated carbocycles. The van der Waals surface area contributed by atoms with Gasteiger partial charge in [0.05, 0.1) is 17.1 Å². The van der Waals surface area contributed by atoms with Crippen LogP contribution in [0.3, 0.4) is 0 Å². The van der Waals surface area contributed by atoms with Crippen molar-refractivity contribution in [3.63, 3.8) is 0 Å². The molecule has 0 atom stereocenters. The molecule has 1 aliphatic carbocycles. The lowest BCUT2D eigenvalue weighted by molar-refractivity contribution is 0.242. The van der Waals surface area contributed by atoms with Crippen LogP contribution in [0.4, 0.5) is 5.82 Å². The Morgan fingerprint density at radius 1 is 0.900 bits per heavy atom. The lowest BCUT2D eigenvalue weighted by Gasteiger charge is -2.35. The zero-order valence-corrected chi connectivity index (χ0v) is 18.2. The summed E-state index contributed by atoms with van der Waals surface area (Å²) in [6, 6.07) is 4.12. The molecule has 2 aliphatic rings. The zero-order valence-electron chi connectivity index (χ0n) is 18.2. The van der Waals surface area contributed by atoms with E-state index in [0.717, 1.165) is 62.2 Å². The standard InChI is InChI=1S/C22H30N8/c1-16-12-17(2)30(25-16)22-13-21(23-15-24-22)29-10-8-28(9-11-29)14-20-18-6-4-5-7-19(18)26-27(20)3/h12-13,15H,4-11,14H2,1-3H3. The summed E-state index contributed by atoms with van der Waals surface area (Å²) in [5, 5.41) is 9.34. The molecule has 0 amide bonds. The quantitative estimate of drug-likeness (QED) is 0.662. The summed E-state index contributed by atoms with van der Waals surface area (Å²) in [5.74, 6) is 1.81. The molecule has 8 heteroatoms. The Morgan fingerprint density at radius 2 is 1.67 bits per heavy atom. The Kier molecular flexibility index (Phi) is 5.02. The number of fused-ring (bicyclic) bond motifs is 1. The lowest BCUT2D eigenvalue weighted by atomic mass is 9.95. The molecule has 8 nitrogen and oxygen atoms in total. The summed E-state index contributed by atoms with van der Waals surface area (Å²) in [6.07, 6.45) is 6.55. The minimum Gasteiger partial charge on any atom is -0.354 e. The molecule has 3 aromatic rings. The van der Waals surface area contributed by atoms with Gasteiger partial charge in [0.2, 0.25) is 0 Å². The summed E-state index contributed by atoms with van der Waals surface area (Å²) in [5.41, 5.74) is 6.33. The minimum absolute atomic E-state index is 0.828. The van der Waals surface area contributed by atoms with Crippen LogP contribution in [0.15, 0.2) is 18.5 Å². The van der Waals surface area contributed by atoms with Gasteiger partial charge in [0.15, 0.2) is 5.82 Å². The zero-order chi connectivity index (χ0) is 20.7. The number of hydrogen-bond acceptors (Lipinski definition) is 6. The average Bonchev–Trinajstić information content (AvgIpc) is 3.26. The number of hydrogen-bond donors (Lipinski definition) is 0. The Morgan fingerprint density at radius 3 is 2.43 bits per heavy atom.